The van der Waals surface area contributed by atoms with E-state index >= 15 is 0 Å². The van der Waals surface area contributed by atoms with E-state index in [1.54, 1.807) is 0 Å². The van der Waals surface area contributed by atoms with Gasteiger partial charge in [-0.05, 0) is 36.4 Å². The predicted molar refractivity (Wildman–Crippen MR) is 89.2 cm³/mol. The maximum absolute atomic E-state index is 13.7. The fourth-order valence-corrected chi connectivity index (χ4v) is 2.75. The third-order valence-electron chi connectivity index (χ3n) is 4.01. The van der Waals surface area contributed by atoms with Crippen molar-refractivity contribution in [3.63, 3.8) is 0 Å². The molecule has 0 unspecified atom stereocenters. The number of carbonyl (C=O) groups excluding carboxylic acids is 1. The van der Waals surface area contributed by atoms with E-state index in [1.165, 1.54) is 42.1 Å². The van der Waals surface area contributed by atoms with Crippen LogP contribution in [-0.4, -0.2) is 22.0 Å². The molecule has 1 amide bonds. The zero-order valence-corrected chi connectivity index (χ0v) is 14.2. The first-order chi connectivity index (χ1) is 13.2. The third kappa shape index (κ3) is 3.13. The van der Waals surface area contributed by atoms with Crippen LogP contribution in [0.15, 0.2) is 42.5 Å². The molecule has 1 aromatic heterocycles. The SMILES string of the molecule is Cn1nc(C(=O)Nc2c(F)cccc2F)cc1-c1ccc2c(c1)OC(F)(F)O2. The highest BCUT2D eigenvalue weighted by Crippen LogP contribution is 2.42. The quantitative estimate of drug-likeness (QED) is 0.685. The van der Waals surface area contributed by atoms with E-state index in [0.29, 0.717) is 11.3 Å². The number of fused-ring (bicyclic) bond motifs is 1. The van der Waals surface area contributed by atoms with Crippen molar-refractivity contribution in [3.8, 4) is 22.8 Å². The molecular formula is C18H11F4N3O3. The summed E-state index contributed by atoms with van der Waals surface area (Å²) in [6.07, 6.45) is -3.75. The molecule has 4 rings (SSSR count). The van der Waals surface area contributed by atoms with Gasteiger partial charge in [0.25, 0.3) is 5.91 Å². The van der Waals surface area contributed by atoms with Crippen molar-refractivity contribution in [2.45, 2.75) is 6.29 Å². The van der Waals surface area contributed by atoms with E-state index in [9.17, 15) is 22.4 Å². The number of para-hydroxylation sites is 1. The number of hydrogen-bond acceptors (Lipinski definition) is 4. The number of nitrogens with one attached hydrogen (secondary N) is 1. The molecule has 2 aromatic carbocycles. The van der Waals surface area contributed by atoms with E-state index in [2.05, 4.69) is 19.9 Å². The van der Waals surface area contributed by atoms with Crippen LogP contribution < -0.4 is 14.8 Å². The number of amides is 1. The minimum atomic E-state index is -3.75. The molecule has 10 heteroatoms. The Balaban J connectivity index is 1.62. The lowest BCUT2D eigenvalue weighted by molar-refractivity contribution is -0.286. The molecule has 0 fully saturated rings. The Kier molecular flexibility index (Phi) is 3.98. The molecule has 0 bridgehead atoms. The van der Waals surface area contributed by atoms with Crippen LogP contribution in [0.4, 0.5) is 23.2 Å². The number of benzene rings is 2. The fraction of sp³-hybridized carbons (Fsp3) is 0.111. The molecule has 0 saturated heterocycles. The molecule has 1 N–H and O–H groups in total. The Morgan fingerprint density at radius 1 is 1.07 bits per heavy atom. The molecule has 1 aliphatic heterocycles. The number of ether oxygens (including phenoxy) is 2. The molecule has 1 aliphatic rings. The largest absolute Gasteiger partial charge is 0.586 e. The lowest BCUT2D eigenvalue weighted by Crippen LogP contribution is -2.25. The molecule has 0 saturated carbocycles. The van der Waals surface area contributed by atoms with Crippen LogP contribution in [0.1, 0.15) is 10.5 Å². The van der Waals surface area contributed by atoms with Gasteiger partial charge >= 0.3 is 6.29 Å². The Labute approximate surface area is 155 Å². The van der Waals surface area contributed by atoms with Crippen molar-refractivity contribution >= 4 is 11.6 Å². The molecule has 0 atom stereocenters. The molecule has 0 spiro atoms. The van der Waals surface area contributed by atoms with Crippen LogP contribution in [0.5, 0.6) is 11.5 Å². The monoisotopic (exact) mass is 393 g/mol. The molecule has 144 valence electrons. The van der Waals surface area contributed by atoms with Crippen LogP contribution in [-0.2, 0) is 7.05 Å². The van der Waals surface area contributed by atoms with Crippen LogP contribution in [0, 0.1) is 11.6 Å². The minimum Gasteiger partial charge on any atom is -0.395 e. The van der Waals surface area contributed by atoms with Gasteiger partial charge in [-0.1, -0.05) is 6.07 Å². The maximum Gasteiger partial charge on any atom is 0.586 e. The number of carbonyl (C=O) groups is 1. The van der Waals surface area contributed by atoms with Gasteiger partial charge in [-0.3, -0.25) is 9.48 Å². The van der Waals surface area contributed by atoms with Crippen molar-refractivity contribution in [1.29, 1.82) is 0 Å². The first kappa shape index (κ1) is 17.8. The summed E-state index contributed by atoms with van der Waals surface area (Å²) in [6.45, 7) is 0. The fourth-order valence-electron chi connectivity index (χ4n) is 2.75. The number of rotatable bonds is 3. The molecule has 28 heavy (non-hydrogen) atoms. The molecule has 2 heterocycles. The average molecular weight is 393 g/mol. The number of anilines is 1. The topological polar surface area (TPSA) is 65.4 Å². The van der Waals surface area contributed by atoms with Crippen LogP contribution >= 0.6 is 0 Å². The number of aryl methyl sites for hydroxylation is 1. The van der Waals surface area contributed by atoms with Crippen LogP contribution in [0.2, 0.25) is 0 Å². The van der Waals surface area contributed by atoms with E-state index in [0.717, 1.165) is 12.1 Å². The van der Waals surface area contributed by atoms with Gasteiger partial charge in [-0.25, -0.2) is 8.78 Å². The van der Waals surface area contributed by atoms with Crippen LogP contribution in [0.25, 0.3) is 11.3 Å². The van der Waals surface area contributed by atoms with Gasteiger partial charge in [0.1, 0.15) is 17.3 Å². The van der Waals surface area contributed by atoms with E-state index < -0.39 is 29.5 Å². The maximum atomic E-state index is 13.7. The summed E-state index contributed by atoms with van der Waals surface area (Å²) in [7, 11) is 1.52. The normalized spacial score (nSPS) is 14.2. The third-order valence-corrected chi connectivity index (χ3v) is 4.01. The van der Waals surface area contributed by atoms with Gasteiger partial charge in [-0.2, -0.15) is 5.10 Å². The van der Waals surface area contributed by atoms with Crippen molar-refractivity contribution < 1.29 is 31.8 Å². The van der Waals surface area contributed by atoms with Crippen molar-refractivity contribution in [1.82, 2.24) is 9.78 Å². The Morgan fingerprint density at radius 2 is 1.75 bits per heavy atom. The Bertz CT molecular complexity index is 1080. The molecular weight excluding hydrogens is 382 g/mol. The van der Waals surface area contributed by atoms with Gasteiger partial charge in [0, 0.05) is 12.6 Å². The van der Waals surface area contributed by atoms with Crippen molar-refractivity contribution in [2.24, 2.45) is 7.05 Å². The highest BCUT2D eigenvalue weighted by Gasteiger charge is 2.43. The second-order valence-corrected chi connectivity index (χ2v) is 5.92. The zero-order valence-electron chi connectivity index (χ0n) is 14.2. The summed E-state index contributed by atoms with van der Waals surface area (Å²) in [5, 5.41) is 6.13. The number of alkyl halides is 2. The van der Waals surface area contributed by atoms with E-state index in [4.69, 9.17) is 0 Å². The van der Waals surface area contributed by atoms with Crippen LogP contribution in [0.3, 0.4) is 0 Å². The zero-order chi connectivity index (χ0) is 20.1. The van der Waals surface area contributed by atoms with Crippen molar-refractivity contribution in [3.05, 3.63) is 59.8 Å². The summed E-state index contributed by atoms with van der Waals surface area (Å²) < 4.78 is 63.8. The van der Waals surface area contributed by atoms with Crippen molar-refractivity contribution in [2.75, 3.05) is 5.32 Å². The highest BCUT2D eigenvalue weighted by molar-refractivity contribution is 6.03. The molecule has 3 aromatic rings. The standard InChI is InChI=1S/C18H11F4N3O3/c1-25-13(9-5-6-14-15(7-9)28-18(21,22)27-14)8-12(24-25)17(26)23-16-10(19)3-2-4-11(16)20/h2-8H,1H3,(H,23,26). The molecule has 6 nitrogen and oxygen atoms in total. The van der Waals surface area contributed by atoms with Gasteiger partial charge in [0.2, 0.25) is 0 Å². The summed E-state index contributed by atoms with van der Waals surface area (Å²) in [5.41, 5.74) is 0.0973. The van der Waals surface area contributed by atoms with E-state index in [1.807, 2.05) is 0 Å². The lowest BCUT2D eigenvalue weighted by atomic mass is 10.1. The summed E-state index contributed by atoms with van der Waals surface area (Å²) in [4.78, 5) is 12.3. The number of hydrogen-bond donors (Lipinski definition) is 1. The predicted octanol–water partition coefficient (Wildman–Crippen LogP) is 3.94. The summed E-state index contributed by atoms with van der Waals surface area (Å²) in [6, 6.07) is 8.62. The highest BCUT2D eigenvalue weighted by atomic mass is 19.3. The van der Waals surface area contributed by atoms with Gasteiger partial charge in [0.05, 0.1) is 5.69 Å². The first-order valence-electron chi connectivity index (χ1n) is 7.93. The molecule has 0 aliphatic carbocycles. The first-order valence-corrected chi connectivity index (χ1v) is 7.93. The minimum absolute atomic E-state index is 0.121. The smallest absolute Gasteiger partial charge is 0.395 e. The summed E-state index contributed by atoms with van der Waals surface area (Å²) in [5.74, 6) is -2.98. The second-order valence-electron chi connectivity index (χ2n) is 5.92. The summed E-state index contributed by atoms with van der Waals surface area (Å²) >= 11 is 0. The van der Waals surface area contributed by atoms with Gasteiger partial charge in [-0.15, -0.1) is 8.78 Å². The van der Waals surface area contributed by atoms with E-state index in [-0.39, 0.29) is 17.2 Å². The lowest BCUT2D eigenvalue weighted by Gasteiger charge is -2.05. The second kappa shape index (κ2) is 6.25. The Morgan fingerprint density at radius 3 is 2.46 bits per heavy atom. The number of aromatic nitrogens is 2. The Hall–Kier alpha value is -3.56. The average Bonchev–Trinajstić information content (AvgIpc) is 3.15. The van der Waals surface area contributed by atoms with Gasteiger partial charge < -0.3 is 14.8 Å². The number of nitrogens with zero attached hydrogens (tertiary/aromatic N) is 2. The molecule has 0 radical (unpaired) electrons. The van der Waals surface area contributed by atoms with Gasteiger partial charge in [0.15, 0.2) is 17.2 Å². The number of halogens is 4.